The van der Waals surface area contributed by atoms with Crippen molar-refractivity contribution in [3.05, 3.63) is 83.4 Å². The lowest BCUT2D eigenvalue weighted by molar-refractivity contribution is 0.0951. The molecule has 0 unspecified atom stereocenters. The largest absolute Gasteiger partial charge is 0.497 e. The van der Waals surface area contributed by atoms with Gasteiger partial charge in [-0.15, -0.1) is 5.10 Å². The first-order valence-corrected chi connectivity index (χ1v) is 9.53. The van der Waals surface area contributed by atoms with Crippen LogP contribution in [0.2, 0.25) is 0 Å². The maximum atomic E-state index is 12.5. The number of carbonyl (C=O) groups is 1. The summed E-state index contributed by atoms with van der Waals surface area (Å²) in [5.41, 5.74) is 4.14. The normalized spacial score (nSPS) is 10.7. The molecule has 152 valence electrons. The summed E-state index contributed by atoms with van der Waals surface area (Å²) in [4.78, 5) is 12.5. The summed E-state index contributed by atoms with van der Waals surface area (Å²) in [6, 6.07) is 20.8. The van der Waals surface area contributed by atoms with E-state index < -0.39 is 0 Å². The number of methoxy groups -OCH3 is 2. The molecule has 0 atom stereocenters. The zero-order chi connectivity index (χ0) is 20.9. The number of ether oxygens (including phenoxy) is 2. The van der Waals surface area contributed by atoms with Gasteiger partial charge in [0.05, 0.1) is 26.3 Å². The van der Waals surface area contributed by atoms with E-state index in [9.17, 15) is 4.79 Å². The van der Waals surface area contributed by atoms with Crippen LogP contribution in [0, 0.1) is 0 Å². The zero-order valence-corrected chi connectivity index (χ0v) is 16.8. The zero-order valence-electron chi connectivity index (χ0n) is 16.8. The van der Waals surface area contributed by atoms with Crippen LogP contribution in [0.4, 0.5) is 0 Å². The third-order valence-corrected chi connectivity index (χ3v) is 4.85. The fourth-order valence-corrected chi connectivity index (χ4v) is 3.20. The van der Waals surface area contributed by atoms with Crippen LogP contribution in [0.1, 0.15) is 21.5 Å². The molecule has 0 saturated heterocycles. The number of carbonyl (C=O) groups excluding carboxylic acids is 1. The van der Waals surface area contributed by atoms with E-state index in [2.05, 4.69) is 15.6 Å². The molecule has 0 fully saturated rings. The van der Waals surface area contributed by atoms with Crippen molar-refractivity contribution >= 4 is 16.9 Å². The van der Waals surface area contributed by atoms with Crippen molar-refractivity contribution in [1.29, 1.82) is 0 Å². The Bertz CT molecular complexity index is 1170. The Balaban J connectivity index is 1.46. The van der Waals surface area contributed by atoms with Crippen LogP contribution in [0.15, 0.2) is 66.7 Å². The molecule has 0 radical (unpaired) electrons. The molecule has 7 nitrogen and oxygen atoms in total. The molecule has 4 aromatic rings. The fourth-order valence-electron chi connectivity index (χ4n) is 3.20. The van der Waals surface area contributed by atoms with Crippen molar-refractivity contribution in [1.82, 2.24) is 20.3 Å². The number of hydrogen-bond acceptors (Lipinski definition) is 5. The summed E-state index contributed by atoms with van der Waals surface area (Å²) in [6.45, 7) is 1.00. The van der Waals surface area contributed by atoms with Crippen LogP contribution in [0.3, 0.4) is 0 Å². The molecule has 1 amide bonds. The third-order valence-electron chi connectivity index (χ3n) is 4.85. The molecule has 7 heteroatoms. The van der Waals surface area contributed by atoms with Gasteiger partial charge in [-0.3, -0.25) is 4.79 Å². The second-order valence-electron chi connectivity index (χ2n) is 6.83. The maximum absolute atomic E-state index is 12.5. The number of aromatic nitrogens is 3. The van der Waals surface area contributed by atoms with Gasteiger partial charge in [0.1, 0.15) is 17.0 Å². The van der Waals surface area contributed by atoms with Gasteiger partial charge in [-0.25, -0.2) is 4.68 Å². The van der Waals surface area contributed by atoms with E-state index in [4.69, 9.17) is 9.47 Å². The van der Waals surface area contributed by atoms with Crippen LogP contribution >= 0.6 is 0 Å². The third kappa shape index (κ3) is 4.25. The van der Waals surface area contributed by atoms with Crippen LogP contribution in [0.25, 0.3) is 11.0 Å². The Morgan fingerprint density at radius 1 is 0.933 bits per heavy atom. The molecule has 3 aromatic carbocycles. The van der Waals surface area contributed by atoms with Gasteiger partial charge in [0, 0.05) is 12.1 Å². The molecule has 30 heavy (non-hydrogen) atoms. The van der Waals surface area contributed by atoms with Gasteiger partial charge >= 0.3 is 0 Å². The van der Waals surface area contributed by atoms with E-state index in [1.54, 1.807) is 26.4 Å². The number of fused-ring (bicyclic) bond motifs is 1. The number of nitrogens with zero attached hydrogens (tertiary/aromatic N) is 3. The topological polar surface area (TPSA) is 78.3 Å². The molecule has 0 aliphatic carbocycles. The summed E-state index contributed by atoms with van der Waals surface area (Å²) >= 11 is 0. The average molecular weight is 402 g/mol. The van der Waals surface area contributed by atoms with Gasteiger partial charge in [-0.2, -0.15) is 0 Å². The first-order chi connectivity index (χ1) is 14.7. The minimum absolute atomic E-state index is 0.157. The molecule has 1 aromatic heterocycles. The quantitative estimate of drug-likeness (QED) is 0.512. The highest BCUT2D eigenvalue weighted by molar-refractivity contribution is 5.97. The molecule has 0 saturated carbocycles. The summed E-state index contributed by atoms with van der Waals surface area (Å²) in [6.07, 6.45) is 0. The lowest BCUT2D eigenvalue weighted by Crippen LogP contribution is -2.22. The highest BCUT2D eigenvalue weighted by Crippen LogP contribution is 2.18. The van der Waals surface area contributed by atoms with Crippen LogP contribution in [0.5, 0.6) is 11.5 Å². The van der Waals surface area contributed by atoms with Gasteiger partial charge in [0.15, 0.2) is 0 Å². The molecule has 0 bridgehead atoms. The fraction of sp³-hybridized carbons (Fsp3) is 0.174. The van der Waals surface area contributed by atoms with Crippen molar-refractivity contribution in [2.45, 2.75) is 13.1 Å². The van der Waals surface area contributed by atoms with Crippen molar-refractivity contribution < 1.29 is 14.3 Å². The Labute approximate surface area is 174 Å². The van der Waals surface area contributed by atoms with Crippen molar-refractivity contribution in [2.24, 2.45) is 0 Å². The molecular weight excluding hydrogens is 380 g/mol. The number of benzene rings is 3. The van der Waals surface area contributed by atoms with Gasteiger partial charge in [0.2, 0.25) is 0 Å². The minimum Gasteiger partial charge on any atom is -0.497 e. The first kappa shape index (κ1) is 19.4. The number of hydrogen-bond donors (Lipinski definition) is 1. The molecule has 1 heterocycles. The summed E-state index contributed by atoms with van der Waals surface area (Å²) in [5, 5.41) is 11.4. The van der Waals surface area contributed by atoms with Gasteiger partial charge in [-0.1, -0.05) is 29.5 Å². The van der Waals surface area contributed by atoms with Crippen molar-refractivity contribution in [3.63, 3.8) is 0 Å². The maximum Gasteiger partial charge on any atom is 0.251 e. The molecule has 0 aliphatic rings. The predicted molar refractivity (Wildman–Crippen MR) is 114 cm³/mol. The SMILES string of the molecule is COc1ccc(CNC(=O)c2ccc3c(c2)nnn3Cc2cccc(OC)c2)cc1. The predicted octanol–water partition coefficient (Wildman–Crippen LogP) is 3.43. The van der Waals surface area contributed by atoms with E-state index in [-0.39, 0.29) is 5.91 Å². The smallest absolute Gasteiger partial charge is 0.251 e. The Hall–Kier alpha value is -3.87. The number of amides is 1. The highest BCUT2D eigenvalue weighted by atomic mass is 16.5. The van der Waals surface area contributed by atoms with Gasteiger partial charge < -0.3 is 14.8 Å². The Morgan fingerprint density at radius 2 is 1.73 bits per heavy atom. The van der Waals surface area contributed by atoms with Gasteiger partial charge in [-0.05, 0) is 53.6 Å². The summed E-state index contributed by atoms with van der Waals surface area (Å²) < 4.78 is 12.2. The average Bonchev–Trinajstić information content (AvgIpc) is 3.19. The van der Waals surface area contributed by atoms with E-state index in [1.165, 1.54) is 0 Å². The highest BCUT2D eigenvalue weighted by Gasteiger charge is 2.11. The van der Waals surface area contributed by atoms with Gasteiger partial charge in [0.25, 0.3) is 5.91 Å². The Kier molecular flexibility index (Phi) is 5.61. The molecule has 1 N–H and O–H groups in total. The number of rotatable bonds is 7. The number of nitrogens with one attached hydrogen (secondary N) is 1. The first-order valence-electron chi connectivity index (χ1n) is 9.53. The second-order valence-corrected chi connectivity index (χ2v) is 6.83. The van der Waals surface area contributed by atoms with E-state index in [0.717, 1.165) is 28.1 Å². The molecule has 0 spiro atoms. The second kappa shape index (κ2) is 8.65. The van der Waals surface area contributed by atoms with E-state index in [0.29, 0.717) is 24.2 Å². The lowest BCUT2D eigenvalue weighted by atomic mass is 10.1. The molecular formula is C23H22N4O3. The lowest BCUT2D eigenvalue weighted by Gasteiger charge is -2.07. The minimum atomic E-state index is -0.157. The van der Waals surface area contributed by atoms with Crippen molar-refractivity contribution in [3.8, 4) is 11.5 Å². The van der Waals surface area contributed by atoms with Crippen molar-refractivity contribution in [2.75, 3.05) is 14.2 Å². The van der Waals surface area contributed by atoms with Crippen LogP contribution < -0.4 is 14.8 Å². The standard InChI is InChI=1S/C23H22N4O3/c1-29-19-9-6-16(7-10-19)14-24-23(28)18-8-11-22-21(13-18)25-26-27(22)15-17-4-3-5-20(12-17)30-2/h3-13H,14-15H2,1-2H3,(H,24,28). The Morgan fingerprint density at radius 3 is 2.50 bits per heavy atom. The van der Waals surface area contributed by atoms with Crippen LogP contribution in [-0.4, -0.2) is 35.1 Å². The summed E-state index contributed by atoms with van der Waals surface area (Å²) in [5.74, 6) is 1.43. The van der Waals surface area contributed by atoms with E-state index in [1.807, 2.05) is 59.3 Å². The summed E-state index contributed by atoms with van der Waals surface area (Å²) in [7, 11) is 3.27. The van der Waals surface area contributed by atoms with Crippen LogP contribution in [-0.2, 0) is 13.1 Å². The molecule has 4 rings (SSSR count). The molecule has 0 aliphatic heterocycles. The van der Waals surface area contributed by atoms with E-state index >= 15 is 0 Å². The monoisotopic (exact) mass is 402 g/mol.